The number of hydrogen-bond acceptors (Lipinski definition) is 6. The van der Waals surface area contributed by atoms with Gasteiger partial charge in [-0.15, -0.1) is 0 Å². The molecule has 1 aromatic heterocycles. The van der Waals surface area contributed by atoms with E-state index in [1.54, 1.807) is 18.4 Å². The van der Waals surface area contributed by atoms with Crippen molar-refractivity contribution in [2.24, 2.45) is 0 Å². The summed E-state index contributed by atoms with van der Waals surface area (Å²) in [6.45, 7) is 1.52. The average molecular weight is 289 g/mol. The van der Waals surface area contributed by atoms with E-state index >= 15 is 0 Å². The highest BCUT2D eigenvalue weighted by molar-refractivity contribution is 5.69. The predicted octanol–water partition coefficient (Wildman–Crippen LogP) is 2.35. The van der Waals surface area contributed by atoms with Crippen molar-refractivity contribution >= 4 is 17.1 Å². The Bertz CT molecular complexity index is 642. The second-order valence-electron chi connectivity index (χ2n) is 4.83. The molecule has 2 heterocycles. The lowest BCUT2D eigenvalue weighted by molar-refractivity contribution is -0.384. The van der Waals surface area contributed by atoms with Crippen LogP contribution in [0, 0.1) is 10.1 Å². The third-order valence-electron chi connectivity index (χ3n) is 3.46. The van der Waals surface area contributed by atoms with Crippen LogP contribution in [0.5, 0.6) is 0 Å². The first-order valence-corrected chi connectivity index (χ1v) is 6.59. The highest BCUT2D eigenvalue weighted by Crippen LogP contribution is 2.33. The minimum atomic E-state index is -0.397. The molecule has 0 radical (unpaired) electrons. The summed E-state index contributed by atoms with van der Waals surface area (Å²) < 4.78 is 11.0. The quantitative estimate of drug-likeness (QED) is 0.529. The molecule has 0 amide bonds. The number of nitrogens with two attached hydrogens (primary N) is 1. The summed E-state index contributed by atoms with van der Waals surface area (Å²) in [4.78, 5) is 12.7. The molecule has 2 N–H and O–H groups in total. The molecule has 1 aromatic carbocycles. The van der Waals surface area contributed by atoms with E-state index in [1.165, 1.54) is 12.1 Å². The van der Waals surface area contributed by atoms with Crippen molar-refractivity contribution < 1.29 is 14.1 Å². The van der Waals surface area contributed by atoms with Gasteiger partial charge in [0.2, 0.25) is 0 Å². The number of benzene rings is 1. The maximum Gasteiger partial charge on any atom is 0.292 e. The van der Waals surface area contributed by atoms with E-state index in [9.17, 15) is 10.1 Å². The van der Waals surface area contributed by atoms with E-state index < -0.39 is 4.92 Å². The van der Waals surface area contributed by atoms with Crippen molar-refractivity contribution in [3.63, 3.8) is 0 Å². The van der Waals surface area contributed by atoms with E-state index in [1.807, 2.05) is 11.0 Å². The Morgan fingerprint density at radius 1 is 1.38 bits per heavy atom. The number of furan rings is 1. The van der Waals surface area contributed by atoms with Crippen LogP contribution in [0.15, 0.2) is 41.0 Å². The average Bonchev–Trinajstić information content (AvgIpc) is 3.01. The molecular weight excluding hydrogens is 274 g/mol. The summed E-state index contributed by atoms with van der Waals surface area (Å²) in [5.41, 5.74) is 6.82. The highest BCUT2D eigenvalue weighted by Gasteiger charge is 2.28. The molecule has 3 rings (SSSR count). The summed E-state index contributed by atoms with van der Waals surface area (Å²) in [7, 11) is 0. The van der Waals surface area contributed by atoms with Crippen LogP contribution in [0.25, 0.3) is 0 Å². The van der Waals surface area contributed by atoms with Crippen molar-refractivity contribution in [3.05, 3.63) is 52.5 Å². The smallest absolute Gasteiger partial charge is 0.292 e. The Balaban J connectivity index is 1.89. The van der Waals surface area contributed by atoms with Gasteiger partial charge in [-0.3, -0.25) is 10.1 Å². The normalized spacial score (nSPS) is 18.7. The van der Waals surface area contributed by atoms with Gasteiger partial charge < -0.3 is 19.8 Å². The third kappa shape index (κ3) is 2.68. The van der Waals surface area contributed by atoms with Crippen LogP contribution in [-0.2, 0) is 4.74 Å². The van der Waals surface area contributed by atoms with Crippen LogP contribution in [0.3, 0.4) is 0 Å². The molecule has 1 aliphatic heterocycles. The SMILES string of the molecule is Nc1ccc([N+](=O)[O-])c(N2CCO[C@@H](c3ccco3)C2)c1. The van der Waals surface area contributed by atoms with Gasteiger partial charge in [0, 0.05) is 18.3 Å². The minimum Gasteiger partial charge on any atom is -0.467 e. The zero-order valence-electron chi connectivity index (χ0n) is 11.3. The van der Waals surface area contributed by atoms with Gasteiger partial charge in [-0.2, -0.15) is 0 Å². The molecule has 7 heteroatoms. The summed E-state index contributed by atoms with van der Waals surface area (Å²) in [5.74, 6) is 0.714. The molecule has 1 aliphatic rings. The first-order chi connectivity index (χ1) is 10.1. The fourth-order valence-electron chi connectivity index (χ4n) is 2.46. The number of hydrogen-bond donors (Lipinski definition) is 1. The number of nitrogen functional groups attached to an aromatic ring is 1. The van der Waals surface area contributed by atoms with Gasteiger partial charge in [-0.25, -0.2) is 0 Å². The predicted molar refractivity (Wildman–Crippen MR) is 77.1 cm³/mol. The van der Waals surface area contributed by atoms with E-state index in [4.69, 9.17) is 14.9 Å². The standard InChI is InChI=1S/C14H15N3O4/c15-10-3-4-11(17(18)19)12(8-10)16-5-7-21-14(9-16)13-2-1-6-20-13/h1-4,6,8,14H,5,7,9,15H2/t14-/m1/s1. The van der Waals surface area contributed by atoms with E-state index in [-0.39, 0.29) is 11.8 Å². The Morgan fingerprint density at radius 2 is 2.24 bits per heavy atom. The van der Waals surface area contributed by atoms with Crippen molar-refractivity contribution in [2.75, 3.05) is 30.3 Å². The maximum absolute atomic E-state index is 11.2. The monoisotopic (exact) mass is 289 g/mol. The molecule has 110 valence electrons. The molecule has 0 aliphatic carbocycles. The van der Waals surface area contributed by atoms with Crippen molar-refractivity contribution in [3.8, 4) is 0 Å². The van der Waals surface area contributed by atoms with Crippen molar-refractivity contribution in [1.29, 1.82) is 0 Å². The number of nitro benzene ring substituents is 1. The minimum absolute atomic E-state index is 0.0456. The number of rotatable bonds is 3. The highest BCUT2D eigenvalue weighted by atomic mass is 16.6. The number of ether oxygens (including phenoxy) is 1. The van der Waals surface area contributed by atoms with Crippen LogP contribution >= 0.6 is 0 Å². The van der Waals surface area contributed by atoms with Gasteiger partial charge in [0.05, 0.1) is 24.3 Å². The zero-order chi connectivity index (χ0) is 14.8. The first kappa shape index (κ1) is 13.4. The van der Waals surface area contributed by atoms with E-state index in [0.717, 1.165) is 0 Å². The van der Waals surface area contributed by atoms with Gasteiger partial charge in [0.25, 0.3) is 5.69 Å². The largest absolute Gasteiger partial charge is 0.467 e. The Hall–Kier alpha value is -2.54. The van der Waals surface area contributed by atoms with Gasteiger partial charge in [0.15, 0.2) is 0 Å². The van der Waals surface area contributed by atoms with Crippen LogP contribution < -0.4 is 10.6 Å². The second kappa shape index (κ2) is 5.45. The Labute approximate surface area is 121 Å². The number of anilines is 2. The maximum atomic E-state index is 11.2. The molecule has 0 spiro atoms. The molecule has 2 aromatic rings. The van der Waals surface area contributed by atoms with E-state index in [0.29, 0.717) is 36.8 Å². The second-order valence-corrected chi connectivity index (χ2v) is 4.83. The molecule has 0 unspecified atom stereocenters. The number of nitrogens with zero attached hydrogens (tertiary/aromatic N) is 2. The molecule has 7 nitrogen and oxygen atoms in total. The van der Waals surface area contributed by atoms with Gasteiger partial charge in [-0.1, -0.05) is 0 Å². The molecule has 1 atom stereocenters. The lowest BCUT2D eigenvalue weighted by Crippen LogP contribution is -2.38. The summed E-state index contributed by atoms with van der Waals surface area (Å²) in [6.07, 6.45) is 1.34. The van der Waals surface area contributed by atoms with Crippen LogP contribution in [-0.4, -0.2) is 24.6 Å². The summed E-state index contributed by atoms with van der Waals surface area (Å²) >= 11 is 0. The molecule has 1 fully saturated rings. The first-order valence-electron chi connectivity index (χ1n) is 6.59. The summed E-state index contributed by atoms with van der Waals surface area (Å²) in [6, 6.07) is 8.22. The molecule has 21 heavy (non-hydrogen) atoms. The van der Waals surface area contributed by atoms with Gasteiger partial charge in [0.1, 0.15) is 17.6 Å². The molecular formula is C14H15N3O4. The molecule has 1 saturated heterocycles. The Kier molecular flexibility index (Phi) is 3.49. The topological polar surface area (TPSA) is 94.8 Å². The molecule has 0 saturated carbocycles. The Morgan fingerprint density at radius 3 is 2.95 bits per heavy atom. The molecule has 0 bridgehead atoms. The van der Waals surface area contributed by atoms with Gasteiger partial charge >= 0.3 is 0 Å². The zero-order valence-corrected chi connectivity index (χ0v) is 11.3. The lowest BCUT2D eigenvalue weighted by Gasteiger charge is -2.33. The van der Waals surface area contributed by atoms with Crippen LogP contribution in [0.4, 0.5) is 17.1 Å². The lowest BCUT2D eigenvalue weighted by atomic mass is 10.1. The number of morpholine rings is 1. The van der Waals surface area contributed by atoms with Crippen molar-refractivity contribution in [1.82, 2.24) is 0 Å². The summed E-state index contributed by atoms with van der Waals surface area (Å²) in [5, 5.41) is 11.2. The fraction of sp³-hybridized carbons (Fsp3) is 0.286. The number of nitro groups is 1. The van der Waals surface area contributed by atoms with E-state index in [2.05, 4.69) is 0 Å². The third-order valence-corrected chi connectivity index (χ3v) is 3.46. The van der Waals surface area contributed by atoms with Crippen molar-refractivity contribution in [2.45, 2.75) is 6.10 Å². The van der Waals surface area contributed by atoms with Gasteiger partial charge in [-0.05, 0) is 24.3 Å². The fourth-order valence-corrected chi connectivity index (χ4v) is 2.46. The van der Waals surface area contributed by atoms with Crippen LogP contribution in [0.1, 0.15) is 11.9 Å². The van der Waals surface area contributed by atoms with Crippen LogP contribution in [0.2, 0.25) is 0 Å².